The van der Waals surface area contributed by atoms with Crippen LogP contribution in [-0.4, -0.2) is 58.8 Å². The standard InChI is InChI=1S/C19H24N8O2.C2H6/c20-8-14-10-25-18(12-23-14)27-17-7-16(24-9-13-1-3-21-4-2-13)15(11-26-17)19(29)22-5-6-28;1-2/h7,10-13,21,28H,1-6,9H2,(H,22,29)(H2,24,25,26,27);1-2H3. The second kappa shape index (κ2) is 13.1. The summed E-state index contributed by atoms with van der Waals surface area (Å²) in [4.78, 5) is 24.8. The molecule has 2 aromatic heterocycles. The van der Waals surface area contributed by atoms with Gasteiger partial charge in [0.05, 0.1) is 30.3 Å². The van der Waals surface area contributed by atoms with Gasteiger partial charge in [-0.25, -0.2) is 15.0 Å². The van der Waals surface area contributed by atoms with Crippen molar-refractivity contribution in [3.05, 3.63) is 35.9 Å². The summed E-state index contributed by atoms with van der Waals surface area (Å²) in [6, 6.07) is 3.66. The number of pyridine rings is 1. The van der Waals surface area contributed by atoms with Crippen LogP contribution >= 0.6 is 0 Å². The number of nitriles is 1. The van der Waals surface area contributed by atoms with Crippen molar-refractivity contribution in [1.82, 2.24) is 25.6 Å². The van der Waals surface area contributed by atoms with Crippen molar-refractivity contribution < 1.29 is 9.90 Å². The molecular weight excluding hydrogens is 396 g/mol. The van der Waals surface area contributed by atoms with E-state index in [4.69, 9.17) is 10.4 Å². The van der Waals surface area contributed by atoms with E-state index in [9.17, 15) is 4.79 Å². The number of carbonyl (C=O) groups is 1. The fourth-order valence-electron chi connectivity index (χ4n) is 3.04. The Kier molecular flexibility index (Phi) is 10.1. The lowest BCUT2D eigenvalue weighted by atomic mass is 9.98. The Labute approximate surface area is 182 Å². The molecule has 1 aliphatic rings. The minimum Gasteiger partial charge on any atom is -0.395 e. The van der Waals surface area contributed by atoms with E-state index in [1.165, 1.54) is 18.6 Å². The Hall–Kier alpha value is -3.29. The predicted molar refractivity (Wildman–Crippen MR) is 119 cm³/mol. The highest BCUT2D eigenvalue weighted by Gasteiger charge is 2.17. The highest BCUT2D eigenvalue weighted by Crippen LogP contribution is 2.22. The number of nitrogens with zero attached hydrogens (tertiary/aromatic N) is 4. The highest BCUT2D eigenvalue weighted by atomic mass is 16.3. The zero-order valence-electron chi connectivity index (χ0n) is 18.0. The third-order valence-corrected chi connectivity index (χ3v) is 4.61. The summed E-state index contributed by atoms with van der Waals surface area (Å²) < 4.78 is 0. The molecule has 1 saturated heterocycles. The first-order chi connectivity index (χ1) is 15.2. The van der Waals surface area contributed by atoms with E-state index in [0.717, 1.165) is 32.5 Å². The third-order valence-electron chi connectivity index (χ3n) is 4.61. The molecule has 10 nitrogen and oxygen atoms in total. The summed E-state index contributed by atoms with van der Waals surface area (Å²) in [6.07, 6.45) is 6.46. The van der Waals surface area contributed by atoms with Crippen molar-refractivity contribution in [2.75, 3.05) is 43.4 Å². The number of aliphatic hydroxyl groups excluding tert-OH is 1. The molecule has 2 aromatic rings. The minimum atomic E-state index is -0.302. The van der Waals surface area contributed by atoms with Crippen molar-refractivity contribution >= 4 is 23.2 Å². The Balaban J connectivity index is 0.00000166. The molecule has 1 aliphatic heterocycles. The number of rotatable bonds is 8. The molecule has 0 aliphatic carbocycles. The fourth-order valence-corrected chi connectivity index (χ4v) is 3.04. The summed E-state index contributed by atoms with van der Waals surface area (Å²) in [5.74, 6) is 1.16. The second-order valence-corrected chi connectivity index (χ2v) is 6.69. The Bertz CT molecular complexity index is 861. The molecule has 5 N–H and O–H groups in total. The van der Waals surface area contributed by atoms with Crippen LogP contribution in [0.3, 0.4) is 0 Å². The van der Waals surface area contributed by atoms with Gasteiger partial charge in [-0.15, -0.1) is 0 Å². The van der Waals surface area contributed by atoms with Crippen molar-refractivity contribution in [2.45, 2.75) is 26.7 Å². The van der Waals surface area contributed by atoms with Gasteiger partial charge in [0, 0.05) is 25.4 Å². The molecule has 3 heterocycles. The highest BCUT2D eigenvalue weighted by molar-refractivity contribution is 5.99. The molecule has 31 heavy (non-hydrogen) atoms. The van der Waals surface area contributed by atoms with Gasteiger partial charge in [-0.3, -0.25) is 4.79 Å². The van der Waals surface area contributed by atoms with Crippen LogP contribution < -0.4 is 21.3 Å². The summed E-state index contributed by atoms with van der Waals surface area (Å²) in [6.45, 7) is 6.79. The smallest absolute Gasteiger partial charge is 0.255 e. The van der Waals surface area contributed by atoms with Crippen LogP contribution in [0.1, 0.15) is 42.7 Å². The van der Waals surface area contributed by atoms with Crippen LogP contribution in [0.15, 0.2) is 24.7 Å². The number of hydrogen-bond acceptors (Lipinski definition) is 9. The topological polar surface area (TPSA) is 148 Å². The normalized spacial score (nSPS) is 13.4. The number of aliphatic hydroxyl groups is 1. The average Bonchev–Trinajstić information content (AvgIpc) is 2.83. The van der Waals surface area contributed by atoms with Crippen LogP contribution in [0.5, 0.6) is 0 Å². The molecule has 0 aromatic carbocycles. The first kappa shape index (κ1) is 24.0. The molecule has 0 atom stereocenters. The second-order valence-electron chi connectivity index (χ2n) is 6.69. The summed E-state index contributed by atoms with van der Waals surface area (Å²) in [5, 5.41) is 30.2. The van der Waals surface area contributed by atoms with Gasteiger partial charge in [0.25, 0.3) is 5.91 Å². The van der Waals surface area contributed by atoms with Gasteiger partial charge in [-0.2, -0.15) is 5.26 Å². The molecule has 0 unspecified atom stereocenters. The van der Waals surface area contributed by atoms with Crippen LogP contribution in [-0.2, 0) is 0 Å². The molecule has 10 heteroatoms. The summed E-state index contributed by atoms with van der Waals surface area (Å²) in [7, 11) is 0. The van der Waals surface area contributed by atoms with Gasteiger partial charge in [0.1, 0.15) is 17.7 Å². The zero-order chi connectivity index (χ0) is 22.5. The third kappa shape index (κ3) is 7.47. The molecule has 0 bridgehead atoms. The predicted octanol–water partition coefficient (Wildman–Crippen LogP) is 1.65. The summed E-state index contributed by atoms with van der Waals surface area (Å²) >= 11 is 0. The average molecular weight is 427 g/mol. The lowest BCUT2D eigenvalue weighted by Crippen LogP contribution is -2.32. The van der Waals surface area contributed by atoms with E-state index < -0.39 is 0 Å². The van der Waals surface area contributed by atoms with Crippen LogP contribution in [0.2, 0.25) is 0 Å². The van der Waals surface area contributed by atoms with E-state index in [2.05, 4.69) is 36.2 Å². The van der Waals surface area contributed by atoms with Crippen molar-refractivity contribution in [1.29, 1.82) is 5.26 Å². The number of anilines is 3. The first-order valence-electron chi connectivity index (χ1n) is 10.5. The largest absolute Gasteiger partial charge is 0.395 e. The van der Waals surface area contributed by atoms with Crippen molar-refractivity contribution in [3.8, 4) is 6.07 Å². The maximum Gasteiger partial charge on any atom is 0.255 e. The SMILES string of the molecule is CC.N#Cc1cnc(Nc2cc(NCC3CCNCC3)c(C(=O)NCCO)cn2)cn1. The monoisotopic (exact) mass is 426 g/mol. The van der Waals surface area contributed by atoms with Gasteiger partial charge in [-0.1, -0.05) is 13.8 Å². The number of amides is 1. The van der Waals surface area contributed by atoms with Crippen LogP contribution in [0.25, 0.3) is 0 Å². The minimum absolute atomic E-state index is 0.131. The maximum atomic E-state index is 12.4. The lowest BCUT2D eigenvalue weighted by molar-refractivity contribution is 0.0945. The van der Waals surface area contributed by atoms with Gasteiger partial charge in [-0.05, 0) is 31.8 Å². The molecule has 1 fully saturated rings. The number of nitrogens with one attached hydrogen (secondary N) is 4. The van der Waals surface area contributed by atoms with Gasteiger partial charge in [0.15, 0.2) is 5.69 Å². The number of piperidine rings is 1. The number of aromatic nitrogens is 3. The molecule has 0 saturated carbocycles. The lowest BCUT2D eigenvalue weighted by Gasteiger charge is -2.24. The van der Waals surface area contributed by atoms with Crippen LogP contribution in [0.4, 0.5) is 17.3 Å². The molecule has 0 radical (unpaired) electrons. The Morgan fingerprint density at radius 1 is 1.19 bits per heavy atom. The Morgan fingerprint density at radius 3 is 2.58 bits per heavy atom. The molecule has 166 valence electrons. The maximum absolute atomic E-state index is 12.4. The molecule has 3 rings (SSSR count). The fraction of sp³-hybridized carbons (Fsp3) is 0.476. The Morgan fingerprint density at radius 2 is 1.94 bits per heavy atom. The molecular formula is C21H30N8O2. The van der Waals surface area contributed by atoms with Crippen molar-refractivity contribution in [2.24, 2.45) is 5.92 Å². The molecule has 1 amide bonds. The van der Waals surface area contributed by atoms with E-state index in [1.54, 1.807) is 6.07 Å². The van der Waals surface area contributed by atoms with Gasteiger partial charge in [0.2, 0.25) is 0 Å². The first-order valence-corrected chi connectivity index (χ1v) is 10.5. The molecule has 0 spiro atoms. The van der Waals surface area contributed by atoms with Gasteiger partial charge >= 0.3 is 0 Å². The van der Waals surface area contributed by atoms with E-state index >= 15 is 0 Å². The van der Waals surface area contributed by atoms with Crippen molar-refractivity contribution in [3.63, 3.8) is 0 Å². The van der Waals surface area contributed by atoms with E-state index in [0.29, 0.717) is 28.8 Å². The van der Waals surface area contributed by atoms with Gasteiger partial charge < -0.3 is 26.4 Å². The van der Waals surface area contributed by atoms with Crippen LogP contribution in [0, 0.1) is 17.2 Å². The zero-order valence-corrected chi connectivity index (χ0v) is 18.0. The quantitative estimate of drug-likeness (QED) is 0.425. The summed E-state index contributed by atoms with van der Waals surface area (Å²) in [5.41, 5.74) is 1.28. The number of hydrogen-bond donors (Lipinski definition) is 5. The van der Waals surface area contributed by atoms with E-state index in [-0.39, 0.29) is 24.8 Å². The van der Waals surface area contributed by atoms with E-state index in [1.807, 2.05) is 19.9 Å². The number of carbonyl (C=O) groups excluding carboxylic acids is 1.